The van der Waals surface area contributed by atoms with Crippen LogP contribution >= 0.6 is 0 Å². The van der Waals surface area contributed by atoms with E-state index < -0.39 is 8.07 Å². The molecule has 0 amide bonds. The van der Waals surface area contributed by atoms with Crippen LogP contribution in [-0.4, -0.2) is 30.4 Å². The van der Waals surface area contributed by atoms with E-state index in [4.69, 9.17) is 0 Å². The molecule has 3 nitrogen and oxygen atoms in total. The Morgan fingerprint density at radius 1 is 0.603 bits per heavy atom. The van der Waals surface area contributed by atoms with E-state index in [1.54, 1.807) is 27.5 Å². The first-order chi connectivity index (χ1) is 27.5. The van der Waals surface area contributed by atoms with E-state index in [-0.39, 0.29) is 34.0 Å². The van der Waals surface area contributed by atoms with Crippen LogP contribution in [0.3, 0.4) is 0 Å². The summed E-state index contributed by atoms with van der Waals surface area (Å²) in [5.74, 6) is 0. The number of para-hydroxylation sites is 2. The zero-order valence-electron chi connectivity index (χ0n) is 36.7. The molecule has 0 radical (unpaired) electrons. The standard InChI is InChI=1S/C53H60BN3Si/c1-49(2,3)33-22-23-43-38(28-33)50(4)24-13-15-26-52(50,6)56(43)34-29-44-46-45(30-34)57-48-39(51(5)25-14-16-27-53(51,57)7)31-35(58(8,9)10)32-41(48)54(46)40-20-17-19-37-36-18-11-12-21-42(36)55(44)47(37)40/h11-12,17-23,28-32H,13-16,24-27H2,1-10H3. The zero-order valence-corrected chi connectivity index (χ0v) is 37.7. The minimum atomic E-state index is -1.66. The SMILES string of the molecule is CC(C)(C)c1ccc2c(c1)C1(C)CCCCC1(C)N2c1cc2c3c(c1)-n1c4ccccc4c4cccc(c41)B3c1cc([Si](C)(C)C)cc3c1N2C1(C)CCCCC31C. The highest BCUT2D eigenvalue weighted by molar-refractivity contribution is 7.01. The second-order valence-electron chi connectivity index (χ2n) is 22.4. The molecule has 12 rings (SSSR count). The van der Waals surface area contributed by atoms with Crippen LogP contribution in [0.25, 0.3) is 27.5 Å². The minimum Gasteiger partial charge on any atom is -0.335 e. The van der Waals surface area contributed by atoms with E-state index in [1.807, 2.05) is 0 Å². The summed E-state index contributed by atoms with van der Waals surface area (Å²) in [5.41, 5.74) is 19.3. The Morgan fingerprint density at radius 2 is 1.26 bits per heavy atom. The Bertz CT molecular complexity index is 2820. The molecule has 6 aromatic rings. The van der Waals surface area contributed by atoms with Gasteiger partial charge in [-0.25, -0.2) is 0 Å². The van der Waals surface area contributed by atoms with Crippen molar-refractivity contribution in [3.05, 3.63) is 102 Å². The molecule has 294 valence electrons. The number of aromatic nitrogens is 1. The lowest BCUT2D eigenvalue weighted by atomic mass is 9.33. The summed E-state index contributed by atoms with van der Waals surface area (Å²) in [6.45, 7) is 25.5. The Morgan fingerprint density at radius 3 is 1.98 bits per heavy atom. The third-order valence-electron chi connectivity index (χ3n) is 17.6. The number of nitrogens with zero attached hydrogens (tertiary/aromatic N) is 3. The fraction of sp³-hybridized carbons (Fsp3) is 0.434. The van der Waals surface area contributed by atoms with Gasteiger partial charge >= 0.3 is 0 Å². The van der Waals surface area contributed by atoms with Crippen LogP contribution in [0.2, 0.25) is 19.6 Å². The lowest BCUT2D eigenvalue weighted by Gasteiger charge is -2.53. The van der Waals surface area contributed by atoms with Crippen LogP contribution in [0.15, 0.2) is 84.9 Å². The quantitative estimate of drug-likeness (QED) is 0.162. The molecule has 2 fully saturated rings. The first-order valence-corrected chi connectivity index (χ1v) is 26.2. The van der Waals surface area contributed by atoms with Crippen LogP contribution in [0.5, 0.6) is 0 Å². The van der Waals surface area contributed by atoms with Gasteiger partial charge in [-0.3, -0.25) is 0 Å². The third-order valence-corrected chi connectivity index (χ3v) is 19.6. The molecule has 2 saturated carbocycles. The molecule has 4 atom stereocenters. The molecule has 0 saturated heterocycles. The summed E-state index contributed by atoms with van der Waals surface area (Å²) in [6.07, 6.45) is 10.1. The van der Waals surface area contributed by atoms with E-state index in [9.17, 15) is 0 Å². The molecule has 5 heteroatoms. The van der Waals surface area contributed by atoms with Gasteiger partial charge in [-0.05, 0) is 102 Å². The average molecular weight is 778 g/mol. The zero-order chi connectivity index (χ0) is 40.1. The molecular weight excluding hydrogens is 718 g/mol. The summed E-state index contributed by atoms with van der Waals surface area (Å²) in [4.78, 5) is 5.83. The first-order valence-electron chi connectivity index (χ1n) is 22.7. The van der Waals surface area contributed by atoms with Crippen molar-refractivity contribution in [2.75, 3.05) is 9.80 Å². The van der Waals surface area contributed by atoms with Crippen molar-refractivity contribution < 1.29 is 0 Å². The van der Waals surface area contributed by atoms with Crippen LogP contribution < -0.4 is 31.4 Å². The van der Waals surface area contributed by atoms with E-state index in [0.29, 0.717) is 0 Å². The van der Waals surface area contributed by atoms with Gasteiger partial charge < -0.3 is 14.4 Å². The summed E-state index contributed by atoms with van der Waals surface area (Å²) >= 11 is 0. The van der Waals surface area contributed by atoms with Crippen LogP contribution in [0.4, 0.5) is 22.7 Å². The summed E-state index contributed by atoms with van der Waals surface area (Å²) in [6, 6.07) is 34.8. The molecule has 0 N–H and O–H groups in total. The number of anilines is 4. The second-order valence-corrected chi connectivity index (χ2v) is 27.5. The number of hydrogen-bond donors (Lipinski definition) is 0. The minimum absolute atomic E-state index is 0.0173. The van der Waals surface area contributed by atoms with Crippen LogP contribution in [-0.2, 0) is 16.2 Å². The largest absolute Gasteiger partial charge is 0.335 e. The lowest BCUT2D eigenvalue weighted by Crippen LogP contribution is -2.64. The van der Waals surface area contributed by atoms with Gasteiger partial charge in [0.2, 0.25) is 0 Å². The first kappa shape index (κ1) is 35.7. The highest BCUT2D eigenvalue weighted by atomic mass is 28.3. The maximum atomic E-state index is 2.96. The van der Waals surface area contributed by atoms with Crippen molar-refractivity contribution in [3.8, 4) is 5.69 Å². The lowest BCUT2D eigenvalue weighted by molar-refractivity contribution is 0.194. The smallest absolute Gasteiger partial charge is 0.252 e. The van der Waals surface area contributed by atoms with Gasteiger partial charge in [0.15, 0.2) is 0 Å². The molecule has 0 bridgehead atoms. The Hall–Kier alpha value is -4.22. The predicted octanol–water partition coefficient (Wildman–Crippen LogP) is 11.3. The van der Waals surface area contributed by atoms with Gasteiger partial charge in [0.05, 0.1) is 24.7 Å². The molecule has 2 aliphatic carbocycles. The highest BCUT2D eigenvalue weighted by Gasteiger charge is 2.62. The molecule has 4 unspecified atom stereocenters. The monoisotopic (exact) mass is 777 g/mol. The topological polar surface area (TPSA) is 11.4 Å². The predicted molar refractivity (Wildman–Crippen MR) is 253 cm³/mol. The number of fused-ring (bicyclic) bond motifs is 13. The molecule has 58 heavy (non-hydrogen) atoms. The Balaban J connectivity index is 1.23. The van der Waals surface area contributed by atoms with Gasteiger partial charge in [0.1, 0.15) is 0 Å². The molecule has 1 aromatic heterocycles. The fourth-order valence-electron chi connectivity index (χ4n) is 13.9. The van der Waals surface area contributed by atoms with Gasteiger partial charge in [-0.15, -0.1) is 0 Å². The number of benzene rings is 5. The highest BCUT2D eigenvalue weighted by Crippen LogP contribution is 2.64. The van der Waals surface area contributed by atoms with Crippen molar-refractivity contribution >= 4 is 80.9 Å². The van der Waals surface area contributed by atoms with E-state index in [1.165, 1.54) is 112 Å². The Labute approximate surface area is 347 Å². The van der Waals surface area contributed by atoms with E-state index in [0.717, 1.165) is 0 Å². The molecule has 5 heterocycles. The molecule has 6 aliphatic rings. The third kappa shape index (κ3) is 4.04. The summed E-state index contributed by atoms with van der Waals surface area (Å²) < 4.78 is 2.70. The fourth-order valence-corrected chi connectivity index (χ4v) is 15.1. The van der Waals surface area contributed by atoms with Gasteiger partial charge in [-0.1, -0.05) is 146 Å². The van der Waals surface area contributed by atoms with Crippen LogP contribution in [0.1, 0.15) is 117 Å². The van der Waals surface area contributed by atoms with Crippen molar-refractivity contribution in [1.82, 2.24) is 4.57 Å². The van der Waals surface area contributed by atoms with Crippen LogP contribution in [0, 0.1) is 0 Å². The molecule has 0 spiro atoms. The van der Waals surface area contributed by atoms with Crippen molar-refractivity contribution in [2.24, 2.45) is 0 Å². The van der Waals surface area contributed by atoms with Gasteiger partial charge in [-0.2, -0.15) is 0 Å². The maximum Gasteiger partial charge on any atom is 0.252 e. The van der Waals surface area contributed by atoms with Crippen molar-refractivity contribution in [3.63, 3.8) is 0 Å². The van der Waals surface area contributed by atoms with Gasteiger partial charge in [0.25, 0.3) is 6.71 Å². The van der Waals surface area contributed by atoms with E-state index >= 15 is 0 Å². The number of hydrogen-bond acceptors (Lipinski definition) is 2. The van der Waals surface area contributed by atoms with Crippen molar-refractivity contribution in [2.45, 2.75) is 147 Å². The van der Waals surface area contributed by atoms with E-state index in [2.05, 4.69) is 167 Å². The normalized spacial score (nSPS) is 27.8. The average Bonchev–Trinajstić information content (AvgIpc) is 3.71. The second kappa shape index (κ2) is 10.9. The summed E-state index contributed by atoms with van der Waals surface area (Å²) in [7, 11) is -1.66. The van der Waals surface area contributed by atoms with Gasteiger partial charge in [0, 0.05) is 55.6 Å². The number of rotatable bonds is 2. The van der Waals surface area contributed by atoms with Crippen molar-refractivity contribution in [1.29, 1.82) is 0 Å². The molecule has 4 aliphatic heterocycles. The molecule has 5 aromatic carbocycles. The maximum absolute atomic E-state index is 2.96. The summed E-state index contributed by atoms with van der Waals surface area (Å²) in [5, 5.41) is 4.36. The molecular formula is C53H60BN3Si. The Kier molecular flexibility index (Phi) is 6.73.